The molecule has 1 saturated heterocycles. The average Bonchev–Trinajstić information content (AvgIpc) is 2.90. The molecule has 0 atom stereocenters. The first kappa shape index (κ1) is 16.7. The Morgan fingerprint density at radius 3 is 2.17 bits per heavy atom. The predicted octanol–water partition coefficient (Wildman–Crippen LogP) is 3.99. The van der Waals surface area contributed by atoms with Crippen LogP contribution in [0.3, 0.4) is 0 Å². The molecule has 1 N–H and O–H groups in total. The van der Waals surface area contributed by atoms with Crippen molar-refractivity contribution in [2.24, 2.45) is 0 Å². The summed E-state index contributed by atoms with van der Waals surface area (Å²) in [5.74, 6) is -0.0137. The van der Waals surface area contributed by atoms with E-state index < -0.39 is 0 Å². The normalized spacial score (nSPS) is 15.7. The van der Waals surface area contributed by atoms with Gasteiger partial charge in [0.25, 0.3) is 5.91 Å². The van der Waals surface area contributed by atoms with Gasteiger partial charge in [0.05, 0.1) is 0 Å². The highest BCUT2D eigenvalue weighted by Crippen LogP contribution is 2.14. The van der Waals surface area contributed by atoms with E-state index in [1.807, 2.05) is 42.5 Å². The van der Waals surface area contributed by atoms with E-state index in [0.29, 0.717) is 6.54 Å². The van der Waals surface area contributed by atoms with Crippen molar-refractivity contribution in [2.75, 3.05) is 13.1 Å². The first-order valence-electron chi connectivity index (χ1n) is 8.95. The third kappa shape index (κ3) is 4.93. The minimum atomic E-state index is -0.0137. The van der Waals surface area contributed by atoms with E-state index in [2.05, 4.69) is 22.3 Å². The minimum Gasteiger partial charge on any atom is -0.348 e. The lowest BCUT2D eigenvalue weighted by atomic mass is 10.1. The van der Waals surface area contributed by atoms with Gasteiger partial charge in [0.2, 0.25) is 0 Å². The fraction of sp³-hybridized carbons (Fsp3) is 0.381. The molecule has 2 aromatic rings. The zero-order valence-corrected chi connectivity index (χ0v) is 14.2. The maximum Gasteiger partial charge on any atom is 0.251 e. The van der Waals surface area contributed by atoms with Crippen molar-refractivity contribution in [3.8, 4) is 0 Å². The standard InChI is InChI=1S/C21H26N2O/c24-21(22-16-18-8-4-3-5-9-18)20-12-10-19(11-13-20)17-23-14-6-1-2-7-15-23/h3-5,8-13H,1-2,6-7,14-17H2,(H,22,24). The topological polar surface area (TPSA) is 32.3 Å². The van der Waals surface area contributed by atoms with Crippen molar-refractivity contribution in [3.63, 3.8) is 0 Å². The largest absolute Gasteiger partial charge is 0.348 e. The summed E-state index contributed by atoms with van der Waals surface area (Å²) in [7, 11) is 0. The molecule has 0 saturated carbocycles. The molecule has 1 fully saturated rings. The van der Waals surface area contributed by atoms with Crippen molar-refractivity contribution in [1.29, 1.82) is 0 Å². The summed E-state index contributed by atoms with van der Waals surface area (Å²) in [6.07, 6.45) is 5.33. The average molecular weight is 322 g/mol. The fourth-order valence-electron chi connectivity index (χ4n) is 3.19. The van der Waals surface area contributed by atoms with Crippen molar-refractivity contribution >= 4 is 5.91 Å². The Bertz CT molecular complexity index is 629. The molecular weight excluding hydrogens is 296 g/mol. The van der Waals surface area contributed by atoms with Crippen LogP contribution < -0.4 is 5.32 Å². The van der Waals surface area contributed by atoms with Gasteiger partial charge in [0, 0.05) is 18.7 Å². The van der Waals surface area contributed by atoms with Crippen LogP contribution in [-0.2, 0) is 13.1 Å². The van der Waals surface area contributed by atoms with Crippen molar-refractivity contribution in [1.82, 2.24) is 10.2 Å². The highest BCUT2D eigenvalue weighted by atomic mass is 16.1. The fourth-order valence-corrected chi connectivity index (χ4v) is 3.19. The number of carbonyl (C=O) groups excluding carboxylic acids is 1. The monoisotopic (exact) mass is 322 g/mol. The van der Waals surface area contributed by atoms with Crippen LogP contribution in [0, 0.1) is 0 Å². The lowest BCUT2D eigenvalue weighted by Crippen LogP contribution is -2.24. The number of rotatable bonds is 5. The maximum absolute atomic E-state index is 12.2. The number of hydrogen-bond donors (Lipinski definition) is 1. The van der Waals surface area contributed by atoms with Crippen LogP contribution in [0.1, 0.15) is 47.2 Å². The molecule has 0 aromatic heterocycles. The van der Waals surface area contributed by atoms with Crippen LogP contribution in [0.25, 0.3) is 0 Å². The SMILES string of the molecule is O=C(NCc1ccccc1)c1ccc(CN2CCCCCC2)cc1. The molecular formula is C21H26N2O. The van der Waals surface area contributed by atoms with Gasteiger partial charge in [-0.05, 0) is 49.2 Å². The summed E-state index contributed by atoms with van der Waals surface area (Å²) in [6.45, 7) is 3.94. The molecule has 2 aromatic carbocycles. The second-order valence-corrected chi connectivity index (χ2v) is 6.56. The first-order valence-corrected chi connectivity index (χ1v) is 8.95. The molecule has 0 bridgehead atoms. The van der Waals surface area contributed by atoms with Gasteiger partial charge < -0.3 is 5.32 Å². The molecule has 1 aliphatic rings. The molecule has 126 valence electrons. The number of carbonyl (C=O) groups is 1. The van der Waals surface area contributed by atoms with Crippen molar-refractivity contribution in [2.45, 2.75) is 38.8 Å². The zero-order chi connectivity index (χ0) is 16.6. The minimum absolute atomic E-state index is 0.0137. The Kier molecular flexibility index (Phi) is 6.02. The maximum atomic E-state index is 12.2. The molecule has 0 unspecified atom stereocenters. The third-order valence-electron chi connectivity index (χ3n) is 4.62. The highest BCUT2D eigenvalue weighted by molar-refractivity contribution is 5.94. The van der Waals surface area contributed by atoms with E-state index >= 15 is 0 Å². The Labute approximate surface area is 144 Å². The van der Waals surface area contributed by atoms with Crippen molar-refractivity contribution in [3.05, 3.63) is 71.3 Å². The van der Waals surface area contributed by atoms with Gasteiger partial charge in [-0.3, -0.25) is 9.69 Å². The number of amides is 1. The molecule has 24 heavy (non-hydrogen) atoms. The summed E-state index contributed by atoms with van der Waals surface area (Å²) in [4.78, 5) is 14.8. The molecule has 1 amide bonds. The van der Waals surface area contributed by atoms with Crippen LogP contribution >= 0.6 is 0 Å². The van der Waals surface area contributed by atoms with Gasteiger partial charge in [-0.2, -0.15) is 0 Å². The summed E-state index contributed by atoms with van der Waals surface area (Å²) in [5, 5.41) is 2.97. The molecule has 0 radical (unpaired) electrons. The second kappa shape index (κ2) is 8.65. The predicted molar refractivity (Wildman–Crippen MR) is 97.8 cm³/mol. The summed E-state index contributed by atoms with van der Waals surface area (Å²) in [6, 6.07) is 18.0. The molecule has 0 aliphatic carbocycles. The zero-order valence-electron chi connectivity index (χ0n) is 14.2. The van der Waals surface area contributed by atoms with Gasteiger partial charge in [-0.15, -0.1) is 0 Å². The quantitative estimate of drug-likeness (QED) is 0.902. The van der Waals surface area contributed by atoms with Gasteiger partial charge in [-0.1, -0.05) is 55.3 Å². The Morgan fingerprint density at radius 1 is 0.833 bits per heavy atom. The van der Waals surface area contributed by atoms with E-state index in [1.165, 1.54) is 44.3 Å². The molecule has 1 aliphatic heterocycles. The summed E-state index contributed by atoms with van der Waals surface area (Å²) < 4.78 is 0. The Hall–Kier alpha value is -2.13. The number of hydrogen-bond acceptors (Lipinski definition) is 2. The van der Waals surface area contributed by atoms with E-state index in [0.717, 1.165) is 17.7 Å². The molecule has 1 heterocycles. The van der Waals surface area contributed by atoms with Gasteiger partial charge in [-0.25, -0.2) is 0 Å². The van der Waals surface area contributed by atoms with Crippen LogP contribution in [0.5, 0.6) is 0 Å². The summed E-state index contributed by atoms with van der Waals surface area (Å²) in [5.41, 5.74) is 3.13. The van der Waals surface area contributed by atoms with E-state index in [9.17, 15) is 4.79 Å². The number of benzene rings is 2. The Balaban J connectivity index is 1.52. The second-order valence-electron chi connectivity index (χ2n) is 6.56. The van der Waals surface area contributed by atoms with Crippen LogP contribution in [-0.4, -0.2) is 23.9 Å². The van der Waals surface area contributed by atoms with Crippen LogP contribution in [0.15, 0.2) is 54.6 Å². The molecule has 0 spiro atoms. The van der Waals surface area contributed by atoms with E-state index in [4.69, 9.17) is 0 Å². The smallest absolute Gasteiger partial charge is 0.251 e. The van der Waals surface area contributed by atoms with Gasteiger partial charge >= 0.3 is 0 Å². The Morgan fingerprint density at radius 2 is 1.50 bits per heavy atom. The van der Waals surface area contributed by atoms with Crippen LogP contribution in [0.4, 0.5) is 0 Å². The van der Waals surface area contributed by atoms with Gasteiger partial charge in [0.1, 0.15) is 0 Å². The molecule has 3 rings (SSSR count). The lowest BCUT2D eigenvalue weighted by molar-refractivity contribution is 0.0951. The third-order valence-corrected chi connectivity index (χ3v) is 4.62. The van der Waals surface area contributed by atoms with E-state index in [-0.39, 0.29) is 5.91 Å². The van der Waals surface area contributed by atoms with Gasteiger partial charge in [0.15, 0.2) is 0 Å². The van der Waals surface area contributed by atoms with E-state index in [1.54, 1.807) is 0 Å². The molecule has 3 heteroatoms. The number of likely N-dealkylation sites (tertiary alicyclic amines) is 1. The highest BCUT2D eigenvalue weighted by Gasteiger charge is 2.10. The number of nitrogens with one attached hydrogen (secondary N) is 1. The molecule has 3 nitrogen and oxygen atoms in total. The lowest BCUT2D eigenvalue weighted by Gasteiger charge is -2.19. The first-order chi connectivity index (χ1) is 11.8. The van der Waals surface area contributed by atoms with Crippen molar-refractivity contribution < 1.29 is 4.79 Å². The van der Waals surface area contributed by atoms with Crippen LogP contribution in [0.2, 0.25) is 0 Å². The number of nitrogens with zero attached hydrogens (tertiary/aromatic N) is 1. The summed E-state index contributed by atoms with van der Waals surface area (Å²) >= 11 is 0.